The maximum Gasteiger partial charge on any atom is 0.270 e. The number of hydrogen-bond donors (Lipinski definition) is 1. The molecule has 114 valence electrons. The molecule has 1 saturated carbocycles. The Morgan fingerprint density at radius 1 is 1.29 bits per heavy atom. The second-order valence-corrected chi connectivity index (χ2v) is 5.80. The normalized spacial score (nSPS) is 21.9. The van der Waals surface area contributed by atoms with Gasteiger partial charge < -0.3 is 10.6 Å². The number of nitrogens with zero attached hydrogens (tertiary/aromatic N) is 2. The molecule has 2 N–H and O–H groups in total. The summed E-state index contributed by atoms with van der Waals surface area (Å²) in [6.07, 6.45) is 3.60. The SMILES string of the molecule is Cc1cc(C(=O)N(C)C2CCC(N)CC2)cc([N+](=O)[O-])c1. The van der Waals surface area contributed by atoms with Crippen LogP contribution in [0.15, 0.2) is 18.2 Å². The van der Waals surface area contributed by atoms with Crippen molar-refractivity contribution in [3.8, 4) is 0 Å². The molecule has 0 saturated heterocycles. The quantitative estimate of drug-likeness (QED) is 0.683. The fourth-order valence-electron chi connectivity index (χ4n) is 2.85. The number of rotatable bonds is 3. The molecule has 0 radical (unpaired) electrons. The van der Waals surface area contributed by atoms with E-state index in [4.69, 9.17) is 5.73 Å². The molecule has 6 nitrogen and oxygen atoms in total. The van der Waals surface area contributed by atoms with Crippen LogP contribution in [0.4, 0.5) is 5.69 Å². The van der Waals surface area contributed by atoms with E-state index in [2.05, 4.69) is 0 Å². The summed E-state index contributed by atoms with van der Waals surface area (Å²) in [5.74, 6) is -0.165. The number of non-ortho nitro benzene ring substituents is 1. The highest BCUT2D eigenvalue weighted by Crippen LogP contribution is 2.24. The molecule has 1 aliphatic carbocycles. The minimum atomic E-state index is -0.469. The zero-order chi connectivity index (χ0) is 15.6. The molecule has 0 aliphatic heterocycles. The van der Waals surface area contributed by atoms with Crippen LogP contribution >= 0.6 is 0 Å². The van der Waals surface area contributed by atoms with Crippen LogP contribution in [-0.4, -0.2) is 34.9 Å². The Bertz CT molecular complexity index is 551. The van der Waals surface area contributed by atoms with Gasteiger partial charge in [-0.3, -0.25) is 14.9 Å². The van der Waals surface area contributed by atoms with Gasteiger partial charge >= 0.3 is 0 Å². The third-order valence-corrected chi connectivity index (χ3v) is 4.13. The zero-order valence-electron chi connectivity index (χ0n) is 12.4. The predicted molar refractivity (Wildman–Crippen MR) is 80.2 cm³/mol. The van der Waals surface area contributed by atoms with Crippen LogP contribution in [0, 0.1) is 17.0 Å². The average molecular weight is 291 g/mol. The van der Waals surface area contributed by atoms with Crippen molar-refractivity contribution >= 4 is 11.6 Å². The lowest BCUT2D eigenvalue weighted by Crippen LogP contribution is -2.41. The summed E-state index contributed by atoms with van der Waals surface area (Å²) in [4.78, 5) is 24.7. The minimum absolute atomic E-state index is 0.0441. The van der Waals surface area contributed by atoms with E-state index in [9.17, 15) is 14.9 Å². The largest absolute Gasteiger partial charge is 0.339 e. The number of nitro benzene ring substituents is 1. The second-order valence-electron chi connectivity index (χ2n) is 5.80. The van der Waals surface area contributed by atoms with E-state index in [1.807, 2.05) is 0 Å². The van der Waals surface area contributed by atoms with Crippen molar-refractivity contribution in [2.45, 2.75) is 44.7 Å². The molecule has 0 spiro atoms. The summed E-state index contributed by atoms with van der Waals surface area (Å²) in [7, 11) is 1.76. The monoisotopic (exact) mass is 291 g/mol. The first-order valence-corrected chi connectivity index (χ1v) is 7.17. The van der Waals surface area contributed by atoms with E-state index in [-0.39, 0.29) is 23.7 Å². The summed E-state index contributed by atoms with van der Waals surface area (Å²) in [6, 6.07) is 4.90. The van der Waals surface area contributed by atoms with E-state index < -0.39 is 4.92 Å². The number of aryl methyl sites for hydroxylation is 1. The molecule has 1 fully saturated rings. The fourth-order valence-corrected chi connectivity index (χ4v) is 2.85. The van der Waals surface area contributed by atoms with Crippen molar-refractivity contribution in [2.24, 2.45) is 5.73 Å². The third kappa shape index (κ3) is 3.58. The van der Waals surface area contributed by atoms with Crippen molar-refractivity contribution in [1.82, 2.24) is 4.90 Å². The van der Waals surface area contributed by atoms with Crippen molar-refractivity contribution in [3.05, 3.63) is 39.4 Å². The summed E-state index contributed by atoms with van der Waals surface area (Å²) in [6.45, 7) is 1.75. The van der Waals surface area contributed by atoms with Crippen molar-refractivity contribution < 1.29 is 9.72 Å². The van der Waals surface area contributed by atoms with Crippen LogP contribution in [-0.2, 0) is 0 Å². The van der Waals surface area contributed by atoms with E-state index in [1.54, 1.807) is 24.9 Å². The van der Waals surface area contributed by atoms with Gasteiger partial charge in [-0.15, -0.1) is 0 Å². The number of nitrogens with two attached hydrogens (primary N) is 1. The number of amides is 1. The molecule has 1 aromatic rings. The standard InChI is InChI=1S/C15H21N3O3/c1-10-7-11(9-14(8-10)18(20)21)15(19)17(2)13-5-3-12(16)4-6-13/h7-9,12-13H,3-6,16H2,1-2H3. The Hall–Kier alpha value is -1.95. The van der Waals surface area contributed by atoms with E-state index >= 15 is 0 Å². The van der Waals surface area contributed by atoms with E-state index in [0.717, 1.165) is 25.7 Å². The number of carbonyl (C=O) groups is 1. The topological polar surface area (TPSA) is 89.5 Å². The van der Waals surface area contributed by atoms with Crippen LogP contribution in [0.3, 0.4) is 0 Å². The summed E-state index contributed by atoms with van der Waals surface area (Å²) >= 11 is 0. The van der Waals surface area contributed by atoms with Crippen molar-refractivity contribution in [2.75, 3.05) is 7.05 Å². The highest BCUT2D eigenvalue weighted by molar-refractivity contribution is 5.95. The molecule has 1 aromatic carbocycles. The Kier molecular flexibility index (Phi) is 4.57. The average Bonchev–Trinajstić information content (AvgIpc) is 2.45. The molecule has 0 bridgehead atoms. The van der Waals surface area contributed by atoms with Gasteiger partial charge in [-0.05, 0) is 44.2 Å². The summed E-state index contributed by atoms with van der Waals surface area (Å²) in [5, 5.41) is 10.9. The molecule has 2 rings (SSSR count). The molecule has 0 aromatic heterocycles. The summed E-state index contributed by atoms with van der Waals surface area (Å²) in [5.41, 5.74) is 6.92. The molecule has 0 heterocycles. The minimum Gasteiger partial charge on any atom is -0.339 e. The van der Waals surface area contributed by atoms with E-state index in [0.29, 0.717) is 11.1 Å². The lowest BCUT2D eigenvalue weighted by atomic mass is 9.90. The van der Waals surface area contributed by atoms with E-state index in [1.165, 1.54) is 12.1 Å². The lowest BCUT2D eigenvalue weighted by molar-refractivity contribution is -0.384. The Labute approximate surface area is 124 Å². The molecular formula is C15H21N3O3. The number of carbonyl (C=O) groups excluding carboxylic acids is 1. The maximum atomic E-state index is 12.5. The second kappa shape index (κ2) is 6.22. The number of benzene rings is 1. The van der Waals surface area contributed by atoms with Gasteiger partial charge in [-0.1, -0.05) is 0 Å². The van der Waals surface area contributed by atoms with Crippen LogP contribution in [0.5, 0.6) is 0 Å². The van der Waals surface area contributed by atoms with Crippen LogP contribution < -0.4 is 5.73 Å². The zero-order valence-corrected chi connectivity index (χ0v) is 12.4. The first-order chi connectivity index (χ1) is 9.88. The molecule has 6 heteroatoms. The highest BCUT2D eigenvalue weighted by Gasteiger charge is 2.26. The van der Waals surface area contributed by atoms with Crippen molar-refractivity contribution in [3.63, 3.8) is 0 Å². The van der Waals surface area contributed by atoms with Gasteiger partial charge in [0.2, 0.25) is 0 Å². The highest BCUT2D eigenvalue weighted by atomic mass is 16.6. The van der Waals surface area contributed by atoms with Gasteiger partial charge in [0.25, 0.3) is 11.6 Å². The molecule has 1 aliphatic rings. The predicted octanol–water partition coefficient (Wildman–Crippen LogP) is 2.25. The van der Waals surface area contributed by atoms with Crippen LogP contribution in [0.2, 0.25) is 0 Å². The smallest absolute Gasteiger partial charge is 0.270 e. The first kappa shape index (κ1) is 15.4. The molecule has 0 unspecified atom stereocenters. The summed E-state index contributed by atoms with van der Waals surface area (Å²) < 4.78 is 0. The Morgan fingerprint density at radius 3 is 2.48 bits per heavy atom. The first-order valence-electron chi connectivity index (χ1n) is 7.17. The molecule has 0 atom stereocenters. The molecule has 1 amide bonds. The molecular weight excluding hydrogens is 270 g/mol. The molecule has 21 heavy (non-hydrogen) atoms. The van der Waals surface area contributed by atoms with Crippen LogP contribution in [0.25, 0.3) is 0 Å². The van der Waals surface area contributed by atoms with Gasteiger partial charge in [0.05, 0.1) is 4.92 Å². The fraction of sp³-hybridized carbons (Fsp3) is 0.533. The van der Waals surface area contributed by atoms with Gasteiger partial charge in [-0.25, -0.2) is 0 Å². The Balaban J connectivity index is 2.17. The Morgan fingerprint density at radius 2 is 1.90 bits per heavy atom. The lowest BCUT2D eigenvalue weighted by Gasteiger charge is -2.33. The van der Waals surface area contributed by atoms with Gasteiger partial charge in [0.15, 0.2) is 0 Å². The van der Waals surface area contributed by atoms with Crippen molar-refractivity contribution in [1.29, 1.82) is 0 Å². The van der Waals surface area contributed by atoms with Gasteiger partial charge in [0, 0.05) is 36.8 Å². The van der Waals surface area contributed by atoms with Gasteiger partial charge in [0.1, 0.15) is 0 Å². The van der Waals surface area contributed by atoms with Gasteiger partial charge in [-0.2, -0.15) is 0 Å². The third-order valence-electron chi connectivity index (χ3n) is 4.13. The van der Waals surface area contributed by atoms with Crippen LogP contribution in [0.1, 0.15) is 41.6 Å². The number of hydrogen-bond acceptors (Lipinski definition) is 4. The maximum absolute atomic E-state index is 12.5. The number of nitro groups is 1.